The Labute approximate surface area is 195 Å². The van der Waals surface area contributed by atoms with E-state index in [1.165, 1.54) is 43.4 Å². The first-order valence-corrected chi connectivity index (χ1v) is 10.9. The van der Waals surface area contributed by atoms with Crippen LogP contribution >= 0.6 is 11.3 Å². The molecule has 0 fully saturated rings. The number of aryl methyl sites for hydroxylation is 1. The highest BCUT2D eigenvalue weighted by atomic mass is 32.1. The lowest BCUT2D eigenvalue weighted by Crippen LogP contribution is -2.41. The van der Waals surface area contributed by atoms with Crippen molar-refractivity contribution in [2.24, 2.45) is 0 Å². The molecule has 0 aliphatic rings. The van der Waals surface area contributed by atoms with E-state index in [1.54, 1.807) is 6.92 Å². The van der Waals surface area contributed by atoms with Crippen molar-refractivity contribution in [2.75, 3.05) is 31.0 Å². The average Bonchev–Trinajstić information content (AvgIpc) is 3.19. The number of aromatic nitrogens is 1. The number of halogens is 1. The summed E-state index contributed by atoms with van der Waals surface area (Å²) in [6, 6.07) is 14.5. The molecule has 174 valence electrons. The van der Waals surface area contributed by atoms with E-state index in [4.69, 9.17) is 9.47 Å². The average molecular weight is 473 g/mol. The van der Waals surface area contributed by atoms with Crippen molar-refractivity contribution in [2.45, 2.75) is 19.8 Å². The van der Waals surface area contributed by atoms with Crippen LogP contribution < -0.4 is 15.5 Å². The van der Waals surface area contributed by atoms with E-state index >= 15 is 0 Å². The highest BCUT2D eigenvalue weighted by Crippen LogP contribution is 2.24. The number of thiazole rings is 1. The Morgan fingerprint density at radius 1 is 1.09 bits per heavy atom. The van der Waals surface area contributed by atoms with E-state index in [1.807, 2.05) is 30.3 Å². The highest BCUT2D eigenvalue weighted by molar-refractivity contribution is 7.17. The molecule has 3 amide bonds. The zero-order valence-corrected chi connectivity index (χ0v) is 19.3. The molecular weight excluding hydrogens is 447 g/mol. The third kappa shape index (κ3) is 6.58. The summed E-state index contributed by atoms with van der Waals surface area (Å²) < 4.78 is 23.8. The monoisotopic (exact) mass is 472 g/mol. The van der Waals surface area contributed by atoms with Crippen LogP contribution in [-0.4, -0.2) is 44.0 Å². The molecule has 0 aliphatic carbocycles. The van der Waals surface area contributed by atoms with Gasteiger partial charge >= 0.3 is 6.03 Å². The Morgan fingerprint density at radius 3 is 2.39 bits per heavy atom. The normalized spacial score (nSPS) is 10.8. The fraction of sp³-hybridized carbons (Fsp3) is 0.261. The van der Waals surface area contributed by atoms with Gasteiger partial charge in [0.05, 0.1) is 12.2 Å². The van der Waals surface area contributed by atoms with Gasteiger partial charge in [-0.25, -0.2) is 14.2 Å². The van der Waals surface area contributed by atoms with Gasteiger partial charge in [-0.2, -0.15) is 0 Å². The van der Waals surface area contributed by atoms with Crippen molar-refractivity contribution in [3.05, 3.63) is 76.5 Å². The molecule has 0 unspecified atom stereocenters. The summed E-state index contributed by atoms with van der Waals surface area (Å²) in [5, 5.41) is 5.83. The first-order valence-electron chi connectivity index (χ1n) is 10.1. The van der Waals surface area contributed by atoms with Gasteiger partial charge in [0.2, 0.25) is 0 Å². The SMILES string of the molecule is COC(CN(C(=O)Nc1nc(C)c(C(=O)NCc2ccccc2)s1)c1ccc(F)cc1)OC. The van der Waals surface area contributed by atoms with Crippen LogP contribution in [0.4, 0.5) is 20.0 Å². The first kappa shape index (κ1) is 24.3. The number of nitrogens with one attached hydrogen (secondary N) is 2. The molecule has 0 aliphatic heterocycles. The standard InChI is InChI=1S/C23H25FN4O4S/c1-15-20(21(29)25-13-16-7-5-4-6-8-16)33-22(26-15)27-23(30)28(14-19(31-2)32-3)18-11-9-17(24)10-12-18/h4-12,19H,13-14H2,1-3H3,(H,25,29)(H,26,27,30). The van der Waals surface area contributed by atoms with Gasteiger partial charge in [-0.1, -0.05) is 41.7 Å². The first-order chi connectivity index (χ1) is 15.9. The Bertz CT molecular complexity index is 1070. The lowest BCUT2D eigenvalue weighted by Gasteiger charge is -2.26. The van der Waals surface area contributed by atoms with Crippen LogP contribution in [-0.2, 0) is 16.0 Å². The zero-order valence-electron chi connectivity index (χ0n) is 18.5. The fourth-order valence-corrected chi connectivity index (χ4v) is 3.87. The van der Waals surface area contributed by atoms with Crippen molar-refractivity contribution in [3.8, 4) is 0 Å². The molecule has 33 heavy (non-hydrogen) atoms. The summed E-state index contributed by atoms with van der Waals surface area (Å²) in [5.74, 6) is -0.695. The fourth-order valence-electron chi connectivity index (χ4n) is 3.00. The third-order valence-corrected chi connectivity index (χ3v) is 5.83. The van der Waals surface area contributed by atoms with Crippen molar-refractivity contribution in [1.29, 1.82) is 0 Å². The summed E-state index contributed by atoms with van der Waals surface area (Å²) >= 11 is 1.07. The number of ether oxygens (including phenoxy) is 2. The number of anilines is 2. The van der Waals surface area contributed by atoms with Gasteiger partial charge in [-0.05, 0) is 36.8 Å². The molecule has 0 bridgehead atoms. The van der Waals surface area contributed by atoms with Gasteiger partial charge in [-0.3, -0.25) is 15.0 Å². The van der Waals surface area contributed by atoms with E-state index < -0.39 is 18.1 Å². The largest absolute Gasteiger partial charge is 0.354 e. The zero-order chi connectivity index (χ0) is 23.8. The maximum atomic E-state index is 13.4. The number of rotatable bonds is 9. The van der Waals surface area contributed by atoms with Gasteiger partial charge in [0.1, 0.15) is 10.7 Å². The number of nitrogens with zero attached hydrogens (tertiary/aromatic N) is 2. The number of benzene rings is 2. The van der Waals surface area contributed by atoms with E-state index in [0.29, 0.717) is 22.8 Å². The van der Waals surface area contributed by atoms with Gasteiger partial charge < -0.3 is 14.8 Å². The molecule has 10 heteroatoms. The Balaban J connectivity index is 1.72. The van der Waals surface area contributed by atoms with E-state index in [2.05, 4.69) is 15.6 Å². The Morgan fingerprint density at radius 2 is 1.76 bits per heavy atom. The maximum absolute atomic E-state index is 13.4. The molecule has 3 rings (SSSR count). The minimum Gasteiger partial charge on any atom is -0.354 e. The van der Waals surface area contributed by atoms with Gasteiger partial charge in [0.15, 0.2) is 11.4 Å². The molecule has 0 radical (unpaired) electrons. The van der Waals surface area contributed by atoms with Crippen LogP contribution in [0.5, 0.6) is 0 Å². The van der Waals surface area contributed by atoms with E-state index in [-0.39, 0.29) is 17.6 Å². The van der Waals surface area contributed by atoms with E-state index in [0.717, 1.165) is 16.9 Å². The van der Waals surface area contributed by atoms with Crippen LogP contribution in [0.15, 0.2) is 54.6 Å². The van der Waals surface area contributed by atoms with Gasteiger partial charge in [-0.15, -0.1) is 0 Å². The van der Waals surface area contributed by atoms with Crippen molar-refractivity contribution < 1.29 is 23.5 Å². The van der Waals surface area contributed by atoms with Crippen LogP contribution in [0, 0.1) is 12.7 Å². The lowest BCUT2D eigenvalue weighted by atomic mass is 10.2. The predicted octanol–water partition coefficient (Wildman–Crippen LogP) is 4.18. The summed E-state index contributed by atoms with van der Waals surface area (Å²) in [7, 11) is 2.92. The maximum Gasteiger partial charge on any atom is 0.328 e. The quantitative estimate of drug-likeness (QED) is 0.456. The van der Waals surface area contributed by atoms with Crippen LogP contribution in [0.2, 0.25) is 0 Å². The van der Waals surface area contributed by atoms with Crippen LogP contribution in [0.3, 0.4) is 0 Å². The Kier molecular flexibility index (Phi) is 8.47. The molecule has 0 saturated heterocycles. The summed E-state index contributed by atoms with van der Waals surface area (Å²) in [6.07, 6.45) is -0.696. The smallest absolute Gasteiger partial charge is 0.328 e. The number of urea groups is 1. The molecule has 0 spiro atoms. The topological polar surface area (TPSA) is 92.8 Å². The number of carbonyl (C=O) groups is 2. The summed E-state index contributed by atoms with van der Waals surface area (Å²) in [6.45, 7) is 2.14. The number of hydrogen-bond donors (Lipinski definition) is 2. The van der Waals surface area contributed by atoms with Crippen LogP contribution in [0.1, 0.15) is 20.9 Å². The molecule has 3 aromatic rings. The van der Waals surface area contributed by atoms with Crippen LogP contribution in [0.25, 0.3) is 0 Å². The second kappa shape index (κ2) is 11.5. The second-order valence-electron chi connectivity index (χ2n) is 7.02. The molecule has 1 heterocycles. The highest BCUT2D eigenvalue weighted by Gasteiger charge is 2.23. The Hall–Kier alpha value is -3.34. The summed E-state index contributed by atoms with van der Waals surface area (Å²) in [4.78, 5) is 31.7. The number of methoxy groups -OCH3 is 2. The number of hydrogen-bond acceptors (Lipinski definition) is 6. The molecule has 8 nitrogen and oxygen atoms in total. The van der Waals surface area contributed by atoms with E-state index in [9.17, 15) is 14.0 Å². The predicted molar refractivity (Wildman–Crippen MR) is 125 cm³/mol. The molecule has 1 aromatic heterocycles. The van der Waals surface area contributed by atoms with Crippen molar-refractivity contribution in [1.82, 2.24) is 10.3 Å². The molecule has 0 saturated carbocycles. The minimum absolute atomic E-state index is 0.0548. The lowest BCUT2D eigenvalue weighted by molar-refractivity contribution is -0.0938. The second-order valence-corrected chi connectivity index (χ2v) is 8.02. The van der Waals surface area contributed by atoms with Gasteiger partial charge in [0, 0.05) is 26.5 Å². The number of amides is 3. The van der Waals surface area contributed by atoms with Crippen molar-refractivity contribution in [3.63, 3.8) is 0 Å². The number of carbonyl (C=O) groups excluding carboxylic acids is 2. The summed E-state index contributed by atoms with van der Waals surface area (Å²) in [5.41, 5.74) is 1.92. The molecular formula is C23H25FN4O4S. The third-order valence-electron chi connectivity index (χ3n) is 4.75. The molecule has 0 atom stereocenters. The molecule has 2 aromatic carbocycles. The van der Waals surface area contributed by atoms with Crippen molar-refractivity contribution >= 4 is 34.1 Å². The minimum atomic E-state index is -0.696. The van der Waals surface area contributed by atoms with Gasteiger partial charge in [0.25, 0.3) is 5.91 Å². The molecule has 2 N–H and O–H groups in total.